The van der Waals surface area contributed by atoms with Gasteiger partial charge in [-0.25, -0.2) is 12.7 Å². The first-order chi connectivity index (χ1) is 8.08. The van der Waals surface area contributed by atoms with Gasteiger partial charge in [0, 0.05) is 19.0 Å². The van der Waals surface area contributed by atoms with Crippen molar-refractivity contribution in [2.24, 2.45) is 0 Å². The average molecular weight is 282 g/mol. The van der Waals surface area contributed by atoms with E-state index in [1.165, 1.54) is 12.8 Å². The molecule has 17 heavy (non-hydrogen) atoms. The van der Waals surface area contributed by atoms with Gasteiger partial charge in [0.25, 0.3) is 0 Å². The van der Waals surface area contributed by atoms with E-state index >= 15 is 0 Å². The molecule has 3 nitrogen and oxygen atoms in total. The van der Waals surface area contributed by atoms with Crippen LogP contribution >= 0.6 is 11.6 Å². The predicted molar refractivity (Wildman–Crippen MR) is 73.0 cm³/mol. The van der Waals surface area contributed by atoms with E-state index in [1.54, 1.807) is 11.4 Å². The van der Waals surface area contributed by atoms with Crippen LogP contribution in [0.25, 0.3) is 0 Å². The first-order valence-corrected chi connectivity index (χ1v) is 8.74. The van der Waals surface area contributed by atoms with Crippen molar-refractivity contribution in [3.8, 4) is 0 Å². The number of hydrogen-bond donors (Lipinski definition) is 0. The van der Waals surface area contributed by atoms with Gasteiger partial charge in [0.1, 0.15) is 0 Å². The number of hydrogen-bond acceptors (Lipinski definition) is 2. The van der Waals surface area contributed by atoms with Crippen LogP contribution in [0.5, 0.6) is 0 Å². The fourth-order valence-electron chi connectivity index (χ4n) is 2.37. The summed E-state index contributed by atoms with van der Waals surface area (Å²) in [5.74, 6) is 0.787. The van der Waals surface area contributed by atoms with Gasteiger partial charge in [-0.05, 0) is 25.7 Å². The SMILES string of the molecule is CN(C1CCCCCC1)S(=O)(=O)CCCCCl. The van der Waals surface area contributed by atoms with Crippen LogP contribution in [0.15, 0.2) is 0 Å². The van der Waals surface area contributed by atoms with E-state index in [9.17, 15) is 8.42 Å². The third-order valence-electron chi connectivity index (χ3n) is 3.56. The Morgan fingerprint density at radius 2 is 1.71 bits per heavy atom. The Hall–Kier alpha value is 0.200. The van der Waals surface area contributed by atoms with Crippen LogP contribution in [0.4, 0.5) is 0 Å². The molecule has 0 aromatic heterocycles. The maximum absolute atomic E-state index is 12.1. The van der Waals surface area contributed by atoms with Crippen molar-refractivity contribution in [2.75, 3.05) is 18.7 Å². The summed E-state index contributed by atoms with van der Waals surface area (Å²) in [7, 11) is -1.33. The molecular formula is C12H24ClNO2S. The van der Waals surface area contributed by atoms with Gasteiger partial charge < -0.3 is 0 Å². The van der Waals surface area contributed by atoms with Crippen LogP contribution < -0.4 is 0 Å². The molecule has 0 heterocycles. The van der Waals surface area contributed by atoms with Gasteiger partial charge in [-0.15, -0.1) is 11.6 Å². The number of unbranched alkanes of at least 4 members (excludes halogenated alkanes) is 1. The maximum Gasteiger partial charge on any atom is 0.214 e. The molecule has 0 saturated heterocycles. The van der Waals surface area contributed by atoms with E-state index in [1.807, 2.05) is 0 Å². The van der Waals surface area contributed by atoms with Gasteiger partial charge in [-0.1, -0.05) is 25.7 Å². The van der Waals surface area contributed by atoms with Crippen molar-refractivity contribution in [1.82, 2.24) is 4.31 Å². The minimum absolute atomic E-state index is 0.221. The molecule has 1 aliphatic rings. The molecular weight excluding hydrogens is 258 g/mol. The van der Waals surface area contributed by atoms with E-state index < -0.39 is 10.0 Å². The molecule has 0 aromatic rings. The van der Waals surface area contributed by atoms with Crippen molar-refractivity contribution in [1.29, 1.82) is 0 Å². The van der Waals surface area contributed by atoms with Crippen molar-refractivity contribution in [3.05, 3.63) is 0 Å². The normalized spacial score (nSPS) is 19.5. The molecule has 0 atom stereocenters. The lowest BCUT2D eigenvalue weighted by atomic mass is 10.1. The number of alkyl halides is 1. The van der Waals surface area contributed by atoms with Crippen LogP contribution in [0.2, 0.25) is 0 Å². The Balaban J connectivity index is 2.50. The van der Waals surface area contributed by atoms with E-state index in [0.717, 1.165) is 32.1 Å². The number of rotatable bonds is 6. The minimum atomic E-state index is -3.07. The Morgan fingerprint density at radius 1 is 1.12 bits per heavy atom. The summed E-state index contributed by atoms with van der Waals surface area (Å²) in [5, 5.41) is 0. The summed E-state index contributed by atoms with van der Waals surface area (Å²) < 4.78 is 25.8. The highest BCUT2D eigenvalue weighted by Crippen LogP contribution is 2.23. The zero-order chi connectivity index (χ0) is 12.7. The largest absolute Gasteiger partial charge is 0.214 e. The first kappa shape index (κ1) is 15.3. The molecule has 1 fully saturated rings. The van der Waals surface area contributed by atoms with Crippen LogP contribution in [0.3, 0.4) is 0 Å². The van der Waals surface area contributed by atoms with E-state index in [2.05, 4.69) is 0 Å². The summed E-state index contributed by atoms with van der Waals surface area (Å²) in [4.78, 5) is 0. The summed E-state index contributed by atoms with van der Waals surface area (Å²) in [6.45, 7) is 0. The highest BCUT2D eigenvalue weighted by molar-refractivity contribution is 7.89. The fourth-order valence-corrected chi connectivity index (χ4v) is 4.08. The number of sulfonamides is 1. The van der Waals surface area contributed by atoms with Gasteiger partial charge in [-0.3, -0.25) is 0 Å². The quantitative estimate of drug-likeness (QED) is 0.426. The van der Waals surface area contributed by atoms with Crippen LogP contribution in [0, 0.1) is 0 Å². The van der Waals surface area contributed by atoms with Crippen LogP contribution in [-0.4, -0.2) is 37.4 Å². The molecule has 1 aliphatic carbocycles. The average Bonchev–Trinajstić information content (AvgIpc) is 2.56. The van der Waals surface area contributed by atoms with E-state index in [4.69, 9.17) is 11.6 Å². The zero-order valence-electron chi connectivity index (χ0n) is 10.7. The standard InChI is InChI=1S/C12H24ClNO2S/c1-14(12-8-4-2-3-5-9-12)17(15,16)11-7-6-10-13/h12H,2-11H2,1H3. The molecule has 0 bridgehead atoms. The lowest BCUT2D eigenvalue weighted by Crippen LogP contribution is -2.38. The molecule has 0 N–H and O–H groups in total. The maximum atomic E-state index is 12.1. The van der Waals surface area contributed by atoms with Gasteiger partial charge in [-0.2, -0.15) is 0 Å². The summed E-state index contributed by atoms with van der Waals surface area (Å²) in [5.41, 5.74) is 0. The molecule has 0 radical (unpaired) electrons. The molecule has 0 aromatic carbocycles. The van der Waals surface area contributed by atoms with Gasteiger partial charge in [0.05, 0.1) is 5.75 Å². The van der Waals surface area contributed by atoms with Crippen LogP contribution in [0.1, 0.15) is 51.4 Å². The fraction of sp³-hybridized carbons (Fsp3) is 1.00. The Kier molecular flexibility index (Phi) is 6.82. The second-order valence-electron chi connectivity index (χ2n) is 4.87. The third-order valence-corrected chi connectivity index (χ3v) is 5.81. The van der Waals surface area contributed by atoms with Gasteiger partial charge in [0.2, 0.25) is 10.0 Å². The summed E-state index contributed by atoms with van der Waals surface area (Å²) in [6, 6.07) is 0.221. The lowest BCUT2D eigenvalue weighted by molar-refractivity contribution is 0.335. The molecule has 1 saturated carbocycles. The Labute approximate surface area is 111 Å². The highest BCUT2D eigenvalue weighted by atomic mass is 35.5. The number of nitrogens with zero attached hydrogens (tertiary/aromatic N) is 1. The monoisotopic (exact) mass is 281 g/mol. The molecule has 102 valence electrons. The molecule has 0 spiro atoms. The Bertz CT molecular complexity index is 298. The van der Waals surface area contributed by atoms with Crippen molar-refractivity contribution in [3.63, 3.8) is 0 Å². The highest BCUT2D eigenvalue weighted by Gasteiger charge is 2.26. The summed E-state index contributed by atoms with van der Waals surface area (Å²) in [6.07, 6.45) is 8.30. The minimum Gasteiger partial charge on any atom is -0.212 e. The number of halogens is 1. The first-order valence-electron chi connectivity index (χ1n) is 6.59. The lowest BCUT2D eigenvalue weighted by Gasteiger charge is -2.26. The van der Waals surface area contributed by atoms with E-state index in [-0.39, 0.29) is 11.8 Å². The van der Waals surface area contributed by atoms with Gasteiger partial charge >= 0.3 is 0 Å². The van der Waals surface area contributed by atoms with Crippen LogP contribution in [-0.2, 0) is 10.0 Å². The summed E-state index contributed by atoms with van der Waals surface area (Å²) >= 11 is 5.57. The second kappa shape index (κ2) is 7.59. The van der Waals surface area contributed by atoms with Gasteiger partial charge in [0.15, 0.2) is 0 Å². The molecule has 0 aliphatic heterocycles. The zero-order valence-corrected chi connectivity index (χ0v) is 12.3. The Morgan fingerprint density at radius 3 is 2.24 bits per heavy atom. The topological polar surface area (TPSA) is 37.4 Å². The molecule has 1 rings (SSSR count). The van der Waals surface area contributed by atoms with E-state index in [0.29, 0.717) is 12.3 Å². The van der Waals surface area contributed by atoms with Crippen molar-refractivity contribution >= 4 is 21.6 Å². The van der Waals surface area contributed by atoms with Crippen molar-refractivity contribution < 1.29 is 8.42 Å². The van der Waals surface area contributed by atoms with Crippen molar-refractivity contribution in [2.45, 2.75) is 57.4 Å². The predicted octanol–water partition coefficient (Wildman–Crippen LogP) is 2.99. The smallest absolute Gasteiger partial charge is 0.212 e. The molecule has 0 unspecified atom stereocenters. The molecule has 0 amide bonds. The molecule has 5 heteroatoms. The third kappa shape index (κ3) is 5.14. The second-order valence-corrected chi connectivity index (χ2v) is 7.40.